The van der Waals surface area contributed by atoms with Crippen LogP contribution < -0.4 is 0 Å². The normalized spacial score (nSPS) is 11.9. The number of nitrogens with zero attached hydrogens (tertiary/aromatic N) is 1. The second-order valence-corrected chi connectivity index (χ2v) is 4.97. The van der Waals surface area contributed by atoms with Gasteiger partial charge in [0.15, 0.2) is 0 Å². The van der Waals surface area contributed by atoms with E-state index >= 15 is 0 Å². The molecule has 0 amide bonds. The molecule has 0 N–H and O–H groups in total. The van der Waals surface area contributed by atoms with Gasteiger partial charge in [0.25, 0.3) is 5.69 Å². The van der Waals surface area contributed by atoms with Crippen LogP contribution in [0.25, 0.3) is 0 Å². The average Bonchev–Trinajstić information content (AvgIpc) is 2.31. The Labute approximate surface area is 117 Å². The van der Waals surface area contributed by atoms with E-state index < -0.39 is 9.75 Å². The van der Waals surface area contributed by atoms with Crippen LogP contribution in [0.15, 0.2) is 18.2 Å². The van der Waals surface area contributed by atoms with Gasteiger partial charge in [-0.3, -0.25) is 14.9 Å². The zero-order chi connectivity index (χ0) is 13.7. The first-order chi connectivity index (χ1) is 8.45. The Balaban J connectivity index is 2.79. The Morgan fingerprint density at radius 2 is 2.28 bits per heavy atom. The first-order valence-corrected chi connectivity index (χ1v) is 6.48. The molecule has 0 fully saturated rings. The van der Waals surface area contributed by atoms with Crippen molar-refractivity contribution in [3.63, 3.8) is 0 Å². The Morgan fingerprint density at radius 3 is 2.78 bits per heavy atom. The molecule has 0 aliphatic carbocycles. The van der Waals surface area contributed by atoms with Crippen LogP contribution in [0.3, 0.4) is 0 Å². The predicted octanol–water partition coefficient (Wildman–Crippen LogP) is 3.12. The highest BCUT2D eigenvalue weighted by atomic mass is 79.9. The number of non-ortho nitro benzene ring substituents is 1. The fourth-order valence-electron chi connectivity index (χ4n) is 1.32. The maximum absolute atomic E-state index is 11.4. The summed E-state index contributed by atoms with van der Waals surface area (Å²) in [6.45, 7) is 2.02. The third-order valence-corrected chi connectivity index (χ3v) is 3.24. The van der Waals surface area contributed by atoms with Gasteiger partial charge in [0.05, 0.1) is 16.6 Å². The van der Waals surface area contributed by atoms with Crippen molar-refractivity contribution >= 4 is 39.2 Å². The van der Waals surface area contributed by atoms with E-state index in [1.807, 2.05) is 0 Å². The fraction of sp³-hybridized carbons (Fsp3) is 0.364. The van der Waals surface area contributed by atoms with Crippen LogP contribution in [0.4, 0.5) is 5.69 Å². The maximum Gasteiger partial charge on any atom is 0.320 e. The number of rotatable bonds is 5. The molecule has 0 aromatic heterocycles. The van der Waals surface area contributed by atoms with Crippen molar-refractivity contribution in [2.75, 3.05) is 6.61 Å². The molecule has 7 heteroatoms. The number of benzene rings is 1. The fourth-order valence-corrected chi connectivity index (χ4v) is 2.06. The molecule has 0 saturated carbocycles. The van der Waals surface area contributed by atoms with Gasteiger partial charge < -0.3 is 4.74 Å². The van der Waals surface area contributed by atoms with E-state index in [2.05, 4.69) is 15.9 Å². The lowest BCUT2D eigenvalue weighted by Gasteiger charge is -2.10. The van der Waals surface area contributed by atoms with E-state index in [1.54, 1.807) is 6.92 Å². The number of nitro benzene ring substituents is 1. The van der Waals surface area contributed by atoms with Crippen LogP contribution in [-0.4, -0.2) is 22.3 Å². The Hall–Kier alpha value is -1.14. The number of ether oxygens (including phenoxy) is 1. The van der Waals surface area contributed by atoms with Gasteiger partial charge in [-0.15, -0.1) is 0 Å². The summed E-state index contributed by atoms with van der Waals surface area (Å²) in [6.07, 6.45) is 0.315. The molecule has 0 heterocycles. The van der Waals surface area contributed by atoms with Crippen LogP contribution >= 0.6 is 27.5 Å². The van der Waals surface area contributed by atoms with E-state index in [0.717, 1.165) is 0 Å². The van der Waals surface area contributed by atoms with Crippen molar-refractivity contribution in [3.05, 3.63) is 38.9 Å². The monoisotopic (exact) mass is 335 g/mol. The third kappa shape index (κ3) is 3.96. The van der Waals surface area contributed by atoms with Crippen molar-refractivity contribution in [1.82, 2.24) is 0 Å². The van der Waals surface area contributed by atoms with Gasteiger partial charge in [-0.1, -0.05) is 33.6 Å². The molecular formula is C11H11BrClNO4. The lowest BCUT2D eigenvalue weighted by atomic mass is 10.1. The van der Waals surface area contributed by atoms with E-state index in [-0.39, 0.29) is 16.7 Å². The number of esters is 1. The van der Waals surface area contributed by atoms with E-state index in [4.69, 9.17) is 16.3 Å². The van der Waals surface area contributed by atoms with Gasteiger partial charge in [0.1, 0.15) is 4.83 Å². The van der Waals surface area contributed by atoms with Crippen LogP contribution in [-0.2, 0) is 16.0 Å². The second kappa shape index (κ2) is 6.70. The number of alkyl halides is 1. The van der Waals surface area contributed by atoms with Crippen LogP contribution in [0.2, 0.25) is 5.02 Å². The standard InChI is InChI=1S/C11H11BrClNO4/c1-2-18-11(15)9(12)5-7-3-4-8(14(16)17)6-10(7)13/h3-4,6,9H,2,5H2,1H3. The number of hydrogen-bond acceptors (Lipinski definition) is 4. The van der Waals surface area contributed by atoms with Crippen LogP contribution in [0.1, 0.15) is 12.5 Å². The van der Waals surface area contributed by atoms with Crippen molar-refractivity contribution in [3.8, 4) is 0 Å². The lowest BCUT2D eigenvalue weighted by molar-refractivity contribution is -0.384. The first-order valence-electron chi connectivity index (χ1n) is 5.19. The van der Waals surface area contributed by atoms with Crippen molar-refractivity contribution in [1.29, 1.82) is 0 Å². The highest BCUT2D eigenvalue weighted by Crippen LogP contribution is 2.25. The first kappa shape index (κ1) is 14.9. The Kier molecular flexibility index (Phi) is 5.55. The average molecular weight is 337 g/mol. The largest absolute Gasteiger partial charge is 0.465 e. The van der Waals surface area contributed by atoms with Gasteiger partial charge in [0.2, 0.25) is 0 Å². The highest BCUT2D eigenvalue weighted by molar-refractivity contribution is 9.10. The molecule has 0 radical (unpaired) electrons. The van der Waals surface area contributed by atoms with E-state index in [9.17, 15) is 14.9 Å². The van der Waals surface area contributed by atoms with Crippen LogP contribution in [0, 0.1) is 10.1 Å². The molecule has 1 aromatic carbocycles. The molecule has 1 unspecified atom stereocenters. The maximum atomic E-state index is 11.4. The minimum absolute atomic E-state index is 0.0778. The van der Waals surface area contributed by atoms with Crippen molar-refractivity contribution in [2.24, 2.45) is 0 Å². The summed E-state index contributed by atoms with van der Waals surface area (Å²) in [7, 11) is 0. The summed E-state index contributed by atoms with van der Waals surface area (Å²) in [4.78, 5) is 20.9. The number of carbonyl (C=O) groups excluding carboxylic acids is 1. The summed E-state index contributed by atoms with van der Waals surface area (Å²) in [5.74, 6) is -0.382. The van der Waals surface area contributed by atoms with E-state index in [1.165, 1.54) is 18.2 Å². The summed E-state index contributed by atoms with van der Waals surface area (Å²) >= 11 is 9.12. The highest BCUT2D eigenvalue weighted by Gasteiger charge is 2.19. The van der Waals surface area contributed by atoms with Crippen molar-refractivity contribution in [2.45, 2.75) is 18.2 Å². The molecule has 1 atom stereocenters. The number of nitro groups is 1. The van der Waals surface area contributed by atoms with Gasteiger partial charge >= 0.3 is 5.97 Å². The molecule has 0 spiro atoms. The molecule has 0 bridgehead atoms. The van der Waals surface area contributed by atoms with Gasteiger partial charge in [-0.2, -0.15) is 0 Å². The van der Waals surface area contributed by atoms with Gasteiger partial charge in [-0.05, 0) is 18.9 Å². The third-order valence-electron chi connectivity index (χ3n) is 2.19. The van der Waals surface area contributed by atoms with Crippen LogP contribution in [0.5, 0.6) is 0 Å². The SMILES string of the molecule is CCOC(=O)C(Br)Cc1ccc([N+](=O)[O-])cc1Cl. The zero-order valence-electron chi connectivity index (χ0n) is 9.56. The number of halogens is 2. The second-order valence-electron chi connectivity index (χ2n) is 3.46. The molecule has 0 saturated heterocycles. The predicted molar refractivity (Wildman–Crippen MR) is 71.2 cm³/mol. The smallest absolute Gasteiger partial charge is 0.320 e. The molecule has 18 heavy (non-hydrogen) atoms. The summed E-state index contributed by atoms with van der Waals surface area (Å²) in [6, 6.07) is 4.15. The topological polar surface area (TPSA) is 69.4 Å². The summed E-state index contributed by atoms with van der Waals surface area (Å²) in [5.41, 5.74) is 0.572. The Bertz CT molecular complexity index is 466. The number of hydrogen-bond donors (Lipinski definition) is 0. The van der Waals surface area contributed by atoms with Crippen molar-refractivity contribution < 1.29 is 14.5 Å². The quantitative estimate of drug-likeness (QED) is 0.358. The molecule has 0 aliphatic heterocycles. The Morgan fingerprint density at radius 1 is 1.61 bits per heavy atom. The van der Waals surface area contributed by atoms with Gasteiger partial charge in [-0.25, -0.2) is 0 Å². The molecular weight excluding hydrogens is 325 g/mol. The molecule has 5 nitrogen and oxygen atoms in total. The summed E-state index contributed by atoms with van der Waals surface area (Å²) < 4.78 is 4.84. The molecule has 0 aliphatic rings. The molecule has 1 aromatic rings. The summed E-state index contributed by atoms with van der Waals surface area (Å²) in [5, 5.41) is 10.8. The lowest BCUT2D eigenvalue weighted by Crippen LogP contribution is -2.19. The number of carbonyl (C=O) groups is 1. The minimum Gasteiger partial charge on any atom is -0.465 e. The molecule has 98 valence electrons. The van der Waals surface area contributed by atoms with E-state index in [0.29, 0.717) is 18.6 Å². The zero-order valence-corrected chi connectivity index (χ0v) is 11.9. The molecule has 1 rings (SSSR count). The van der Waals surface area contributed by atoms with Gasteiger partial charge in [0, 0.05) is 12.1 Å². The minimum atomic E-state index is -0.521.